The maximum absolute atomic E-state index is 4.21. The van der Waals surface area contributed by atoms with E-state index in [4.69, 9.17) is 0 Å². The summed E-state index contributed by atoms with van der Waals surface area (Å²) in [6, 6.07) is 12.5. The van der Waals surface area contributed by atoms with Gasteiger partial charge in [-0.1, -0.05) is 24.3 Å². The fourth-order valence-corrected chi connectivity index (χ4v) is 2.10. The molecule has 0 fully saturated rings. The lowest BCUT2D eigenvalue weighted by molar-refractivity contribution is -0.671. The number of guanidine groups is 1. The van der Waals surface area contributed by atoms with E-state index in [2.05, 4.69) is 57.2 Å². The summed E-state index contributed by atoms with van der Waals surface area (Å²) in [5.74, 6) is 0.736. The van der Waals surface area contributed by atoms with Gasteiger partial charge in [0.1, 0.15) is 7.05 Å². The monoisotopic (exact) mass is 280 g/mol. The summed E-state index contributed by atoms with van der Waals surface area (Å²) in [6.45, 7) is 1.68. The van der Waals surface area contributed by atoms with Gasteiger partial charge in [0.05, 0.1) is 12.8 Å². The Morgan fingerprint density at radius 3 is 2.52 bits per heavy atom. The molecule has 2 aromatic rings. The number of nitrogens with zero attached hydrogens (tertiary/aromatic N) is 3. The van der Waals surface area contributed by atoms with E-state index in [1.807, 2.05) is 24.0 Å². The van der Waals surface area contributed by atoms with Crippen molar-refractivity contribution in [2.24, 2.45) is 17.1 Å². The first-order chi connectivity index (χ1) is 10.3. The highest BCUT2D eigenvalue weighted by Crippen LogP contribution is 2.17. The summed E-state index contributed by atoms with van der Waals surface area (Å²) < 4.78 is 2.02. The molecule has 0 aliphatic carbocycles. The topological polar surface area (TPSA) is 52.7 Å². The van der Waals surface area contributed by atoms with Crippen LogP contribution in [0.25, 0.3) is 11.1 Å². The van der Waals surface area contributed by atoms with Crippen LogP contribution in [0.1, 0.15) is 5.56 Å². The van der Waals surface area contributed by atoms with E-state index in [1.54, 1.807) is 6.21 Å². The quantitative estimate of drug-likeness (QED) is 0.502. The van der Waals surface area contributed by atoms with E-state index >= 15 is 0 Å². The Balaban J connectivity index is 1.66. The fourth-order valence-electron chi connectivity index (χ4n) is 2.10. The molecular weight excluding hydrogens is 262 g/mol. The van der Waals surface area contributed by atoms with Gasteiger partial charge in [-0.3, -0.25) is 0 Å². The van der Waals surface area contributed by atoms with Crippen molar-refractivity contribution in [2.45, 2.75) is 0 Å². The Kier molecular flexibility index (Phi) is 3.91. The smallest absolute Gasteiger partial charge is 0.212 e. The summed E-state index contributed by atoms with van der Waals surface area (Å²) in [5, 5.41) is 7.27. The Hall–Kier alpha value is -2.69. The molecule has 21 heavy (non-hydrogen) atoms. The summed E-state index contributed by atoms with van der Waals surface area (Å²) in [6.07, 6.45) is 5.88. The molecule has 1 aliphatic rings. The SMILES string of the molecule is C[n+]1ccc(-c2ccc(C=NNC3=NCCN3)cc2)cc1. The Bertz CT molecular complexity index is 656. The molecule has 0 saturated carbocycles. The number of hydrazone groups is 1. The van der Waals surface area contributed by atoms with Gasteiger partial charge in [-0.25, -0.2) is 15.0 Å². The van der Waals surface area contributed by atoms with E-state index in [-0.39, 0.29) is 0 Å². The van der Waals surface area contributed by atoms with Gasteiger partial charge in [-0.2, -0.15) is 5.10 Å². The van der Waals surface area contributed by atoms with Gasteiger partial charge in [0, 0.05) is 18.7 Å². The van der Waals surface area contributed by atoms with Gasteiger partial charge >= 0.3 is 0 Å². The first-order valence-electron chi connectivity index (χ1n) is 6.94. The number of aryl methyl sites for hydroxylation is 1. The van der Waals surface area contributed by atoms with Crippen LogP contribution < -0.4 is 15.3 Å². The molecule has 106 valence electrons. The zero-order valence-electron chi connectivity index (χ0n) is 12.0. The molecule has 0 spiro atoms. The van der Waals surface area contributed by atoms with Crippen LogP contribution in [0, 0.1) is 0 Å². The molecule has 3 rings (SSSR count). The van der Waals surface area contributed by atoms with Crippen LogP contribution in [0.2, 0.25) is 0 Å². The average Bonchev–Trinajstić information content (AvgIpc) is 3.02. The van der Waals surface area contributed by atoms with E-state index < -0.39 is 0 Å². The largest absolute Gasteiger partial charge is 0.353 e. The average molecular weight is 280 g/mol. The predicted octanol–water partition coefficient (Wildman–Crippen LogP) is 1.06. The van der Waals surface area contributed by atoms with Gasteiger partial charge in [-0.15, -0.1) is 0 Å². The number of rotatable bonds is 3. The molecule has 0 bridgehead atoms. The van der Waals surface area contributed by atoms with Crippen molar-refractivity contribution in [3.8, 4) is 11.1 Å². The third kappa shape index (κ3) is 3.45. The molecule has 0 radical (unpaired) electrons. The maximum Gasteiger partial charge on any atom is 0.212 e. The van der Waals surface area contributed by atoms with Crippen LogP contribution in [0.15, 0.2) is 58.9 Å². The summed E-state index contributed by atoms with van der Waals surface area (Å²) >= 11 is 0. The summed E-state index contributed by atoms with van der Waals surface area (Å²) in [4.78, 5) is 4.21. The maximum atomic E-state index is 4.21. The molecule has 0 atom stereocenters. The molecule has 0 saturated heterocycles. The van der Waals surface area contributed by atoms with Crippen molar-refractivity contribution in [2.75, 3.05) is 13.1 Å². The van der Waals surface area contributed by atoms with Crippen molar-refractivity contribution in [1.82, 2.24) is 10.7 Å². The Morgan fingerprint density at radius 1 is 1.14 bits per heavy atom. The molecule has 2 heterocycles. The van der Waals surface area contributed by atoms with Crippen LogP contribution in [-0.4, -0.2) is 25.3 Å². The van der Waals surface area contributed by atoms with Crippen molar-refractivity contribution in [3.63, 3.8) is 0 Å². The van der Waals surface area contributed by atoms with Gasteiger partial charge in [-0.05, 0) is 16.7 Å². The third-order valence-corrected chi connectivity index (χ3v) is 3.28. The minimum atomic E-state index is 0.736. The Labute approximate surface area is 124 Å². The molecule has 2 N–H and O–H groups in total. The summed E-state index contributed by atoms with van der Waals surface area (Å²) in [7, 11) is 2.01. The highest BCUT2D eigenvalue weighted by molar-refractivity contribution is 5.85. The number of hydrogen-bond acceptors (Lipinski definition) is 4. The normalized spacial score (nSPS) is 14.0. The lowest BCUT2D eigenvalue weighted by Gasteiger charge is -2.02. The van der Waals surface area contributed by atoms with E-state index in [0.717, 1.165) is 24.6 Å². The fraction of sp³-hybridized carbons (Fsp3) is 0.188. The third-order valence-electron chi connectivity index (χ3n) is 3.28. The zero-order chi connectivity index (χ0) is 14.5. The minimum absolute atomic E-state index is 0.736. The van der Waals surface area contributed by atoms with Crippen molar-refractivity contribution in [3.05, 3.63) is 54.4 Å². The van der Waals surface area contributed by atoms with Gasteiger partial charge < -0.3 is 5.32 Å². The van der Waals surface area contributed by atoms with E-state index in [0.29, 0.717) is 0 Å². The predicted molar refractivity (Wildman–Crippen MR) is 84.1 cm³/mol. The molecule has 1 aliphatic heterocycles. The molecule has 5 heteroatoms. The minimum Gasteiger partial charge on any atom is -0.353 e. The van der Waals surface area contributed by atoms with Gasteiger partial charge in [0.25, 0.3) is 0 Å². The second-order valence-corrected chi connectivity index (χ2v) is 4.90. The van der Waals surface area contributed by atoms with E-state index in [9.17, 15) is 0 Å². The van der Waals surface area contributed by atoms with Crippen LogP contribution in [0.3, 0.4) is 0 Å². The van der Waals surface area contributed by atoms with Crippen LogP contribution in [0.5, 0.6) is 0 Å². The van der Waals surface area contributed by atoms with Gasteiger partial charge in [0.15, 0.2) is 12.4 Å². The first kappa shape index (κ1) is 13.3. The molecular formula is C16H18N5+. The summed E-state index contributed by atoms with van der Waals surface area (Å²) in [5.41, 5.74) is 6.34. The van der Waals surface area contributed by atoms with Crippen molar-refractivity contribution in [1.29, 1.82) is 0 Å². The molecule has 0 unspecified atom stereocenters. The molecule has 0 amide bonds. The number of benzene rings is 1. The number of aliphatic imine (C=N–C) groups is 1. The highest BCUT2D eigenvalue weighted by Gasteiger charge is 2.02. The van der Waals surface area contributed by atoms with Crippen molar-refractivity contribution >= 4 is 12.2 Å². The molecule has 1 aromatic heterocycles. The second-order valence-electron chi connectivity index (χ2n) is 4.90. The highest BCUT2D eigenvalue weighted by atomic mass is 15.4. The van der Waals surface area contributed by atoms with Crippen LogP contribution in [-0.2, 0) is 7.05 Å². The number of hydrogen-bond donors (Lipinski definition) is 2. The Morgan fingerprint density at radius 2 is 1.86 bits per heavy atom. The molecule has 5 nitrogen and oxygen atoms in total. The number of aromatic nitrogens is 1. The van der Waals surface area contributed by atoms with Crippen LogP contribution >= 0.6 is 0 Å². The number of pyridine rings is 1. The lowest BCUT2D eigenvalue weighted by atomic mass is 10.1. The second kappa shape index (κ2) is 6.17. The first-order valence-corrected chi connectivity index (χ1v) is 6.94. The van der Waals surface area contributed by atoms with E-state index in [1.165, 1.54) is 11.1 Å². The van der Waals surface area contributed by atoms with Gasteiger partial charge in [0.2, 0.25) is 5.96 Å². The zero-order valence-corrected chi connectivity index (χ0v) is 12.0. The lowest BCUT2D eigenvalue weighted by Crippen LogP contribution is -2.30. The number of nitrogens with one attached hydrogen (secondary N) is 2. The van der Waals surface area contributed by atoms with Crippen LogP contribution in [0.4, 0.5) is 0 Å². The standard InChI is InChI=1S/C16H17N5/c1-21-10-6-15(7-11-21)14-4-2-13(3-5-14)12-19-20-16-17-8-9-18-16/h2-7,10-12H,8-9H2,1H3,(H,17,18)/p+1. The molecule has 1 aromatic carbocycles. The van der Waals surface area contributed by atoms with Crippen molar-refractivity contribution < 1.29 is 4.57 Å².